The first kappa shape index (κ1) is 14.6. The SMILES string of the molecule is Nc1ccc(CCc2ccc(C(=O)O)cc2C(=O)O)cc1. The summed E-state index contributed by atoms with van der Waals surface area (Å²) >= 11 is 0. The first-order valence-corrected chi connectivity index (χ1v) is 6.41. The van der Waals surface area contributed by atoms with E-state index in [-0.39, 0.29) is 11.1 Å². The Labute approximate surface area is 121 Å². The first-order chi connectivity index (χ1) is 9.97. The Kier molecular flexibility index (Phi) is 4.23. The van der Waals surface area contributed by atoms with Crippen molar-refractivity contribution in [2.75, 3.05) is 5.73 Å². The largest absolute Gasteiger partial charge is 0.478 e. The summed E-state index contributed by atoms with van der Waals surface area (Å²) in [5.41, 5.74) is 7.95. The van der Waals surface area contributed by atoms with Crippen molar-refractivity contribution < 1.29 is 19.8 Å². The van der Waals surface area contributed by atoms with Gasteiger partial charge in [0.25, 0.3) is 0 Å². The molecule has 0 aromatic heterocycles. The van der Waals surface area contributed by atoms with Crippen LogP contribution >= 0.6 is 0 Å². The fraction of sp³-hybridized carbons (Fsp3) is 0.125. The van der Waals surface area contributed by atoms with Gasteiger partial charge in [0.2, 0.25) is 0 Å². The highest BCUT2D eigenvalue weighted by Crippen LogP contribution is 2.16. The minimum Gasteiger partial charge on any atom is -0.478 e. The summed E-state index contributed by atoms with van der Waals surface area (Å²) in [5.74, 6) is -2.26. The van der Waals surface area contributed by atoms with E-state index in [0.29, 0.717) is 24.1 Å². The molecule has 0 spiro atoms. The third kappa shape index (κ3) is 3.60. The van der Waals surface area contributed by atoms with Gasteiger partial charge in [0.05, 0.1) is 11.1 Å². The Balaban J connectivity index is 2.21. The Bertz CT molecular complexity index is 677. The number of nitrogens with two attached hydrogens (primary N) is 1. The number of aryl methyl sites for hydroxylation is 2. The zero-order valence-electron chi connectivity index (χ0n) is 11.2. The number of carboxylic acid groups (broad SMARTS) is 2. The molecule has 0 aliphatic carbocycles. The van der Waals surface area contributed by atoms with Crippen LogP contribution in [-0.4, -0.2) is 22.2 Å². The zero-order valence-corrected chi connectivity index (χ0v) is 11.2. The molecular formula is C16H15NO4. The van der Waals surface area contributed by atoms with Crippen LogP contribution in [0, 0.1) is 0 Å². The molecule has 2 rings (SSSR count). The van der Waals surface area contributed by atoms with Gasteiger partial charge in [0, 0.05) is 5.69 Å². The van der Waals surface area contributed by atoms with E-state index in [1.807, 2.05) is 12.1 Å². The normalized spacial score (nSPS) is 10.3. The number of anilines is 1. The third-order valence-electron chi connectivity index (χ3n) is 3.25. The standard InChI is InChI=1S/C16H15NO4/c17-13-7-2-10(3-8-13)1-4-11-5-6-12(15(18)19)9-14(11)16(20)21/h2-3,5-9H,1,4,17H2,(H,18,19)(H,20,21). The molecule has 0 fully saturated rings. The predicted molar refractivity (Wildman–Crippen MR) is 78.6 cm³/mol. The summed E-state index contributed by atoms with van der Waals surface area (Å²) in [6.45, 7) is 0. The maximum absolute atomic E-state index is 11.2. The van der Waals surface area contributed by atoms with Gasteiger partial charge in [-0.05, 0) is 48.2 Å². The fourth-order valence-electron chi connectivity index (χ4n) is 2.09. The zero-order chi connectivity index (χ0) is 15.4. The number of benzene rings is 2. The second kappa shape index (κ2) is 6.09. The van der Waals surface area contributed by atoms with Crippen molar-refractivity contribution >= 4 is 17.6 Å². The topological polar surface area (TPSA) is 101 Å². The second-order valence-corrected chi connectivity index (χ2v) is 4.72. The van der Waals surface area contributed by atoms with Crippen molar-refractivity contribution in [1.82, 2.24) is 0 Å². The van der Waals surface area contributed by atoms with Crippen LogP contribution in [0.4, 0.5) is 5.69 Å². The Hall–Kier alpha value is -2.82. The summed E-state index contributed by atoms with van der Waals surface area (Å²) < 4.78 is 0. The number of nitrogen functional groups attached to an aromatic ring is 1. The van der Waals surface area contributed by atoms with Gasteiger partial charge in [-0.2, -0.15) is 0 Å². The van der Waals surface area contributed by atoms with Crippen molar-refractivity contribution in [3.63, 3.8) is 0 Å². The van der Waals surface area contributed by atoms with E-state index in [1.54, 1.807) is 18.2 Å². The van der Waals surface area contributed by atoms with Gasteiger partial charge in [0.1, 0.15) is 0 Å². The molecule has 0 bridgehead atoms. The minimum absolute atomic E-state index is 0.0244. The third-order valence-corrected chi connectivity index (χ3v) is 3.25. The summed E-state index contributed by atoms with van der Waals surface area (Å²) in [5, 5.41) is 18.1. The maximum atomic E-state index is 11.2. The number of aromatic carboxylic acids is 2. The van der Waals surface area contributed by atoms with Crippen LogP contribution in [0.25, 0.3) is 0 Å². The highest BCUT2D eigenvalue weighted by molar-refractivity contribution is 5.94. The number of carbonyl (C=O) groups is 2. The lowest BCUT2D eigenvalue weighted by Gasteiger charge is -2.08. The highest BCUT2D eigenvalue weighted by atomic mass is 16.4. The van der Waals surface area contributed by atoms with E-state index in [2.05, 4.69) is 0 Å². The molecule has 21 heavy (non-hydrogen) atoms. The van der Waals surface area contributed by atoms with Crippen LogP contribution in [-0.2, 0) is 12.8 Å². The van der Waals surface area contributed by atoms with Gasteiger partial charge in [-0.15, -0.1) is 0 Å². The molecule has 0 atom stereocenters. The van der Waals surface area contributed by atoms with E-state index >= 15 is 0 Å². The fourth-order valence-corrected chi connectivity index (χ4v) is 2.09. The van der Waals surface area contributed by atoms with Crippen LogP contribution in [0.1, 0.15) is 31.8 Å². The molecule has 2 aromatic carbocycles. The number of rotatable bonds is 5. The van der Waals surface area contributed by atoms with Crippen molar-refractivity contribution in [3.05, 3.63) is 64.7 Å². The summed E-state index contributed by atoms with van der Waals surface area (Å²) in [4.78, 5) is 22.1. The lowest BCUT2D eigenvalue weighted by Crippen LogP contribution is -2.07. The van der Waals surface area contributed by atoms with Gasteiger partial charge >= 0.3 is 11.9 Å². The predicted octanol–water partition coefficient (Wildman–Crippen LogP) is 2.45. The molecule has 0 saturated carbocycles. The highest BCUT2D eigenvalue weighted by Gasteiger charge is 2.13. The molecule has 5 nitrogen and oxygen atoms in total. The molecule has 0 amide bonds. The molecule has 4 N–H and O–H groups in total. The van der Waals surface area contributed by atoms with Gasteiger partial charge in [-0.3, -0.25) is 0 Å². The lowest BCUT2D eigenvalue weighted by atomic mass is 9.97. The van der Waals surface area contributed by atoms with Crippen molar-refractivity contribution in [2.24, 2.45) is 0 Å². The van der Waals surface area contributed by atoms with Crippen LogP contribution < -0.4 is 5.73 Å². The summed E-state index contributed by atoms with van der Waals surface area (Å²) in [7, 11) is 0. The van der Waals surface area contributed by atoms with Gasteiger partial charge in [0.15, 0.2) is 0 Å². The van der Waals surface area contributed by atoms with Crippen LogP contribution in [0.2, 0.25) is 0 Å². The van der Waals surface area contributed by atoms with Crippen LogP contribution in [0.3, 0.4) is 0 Å². The molecular weight excluding hydrogens is 270 g/mol. The molecule has 0 saturated heterocycles. The van der Waals surface area contributed by atoms with E-state index in [4.69, 9.17) is 10.8 Å². The Morgan fingerprint density at radius 1 is 0.905 bits per heavy atom. The summed E-state index contributed by atoms with van der Waals surface area (Å²) in [6.07, 6.45) is 1.18. The molecule has 0 heterocycles. The summed E-state index contributed by atoms with van der Waals surface area (Å²) in [6, 6.07) is 11.5. The van der Waals surface area contributed by atoms with Crippen molar-refractivity contribution in [3.8, 4) is 0 Å². The first-order valence-electron chi connectivity index (χ1n) is 6.41. The van der Waals surface area contributed by atoms with Gasteiger partial charge in [-0.1, -0.05) is 18.2 Å². The van der Waals surface area contributed by atoms with Gasteiger partial charge < -0.3 is 15.9 Å². The van der Waals surface area contributed by atoms with Crippen LogP contribution in [0.5, 0.6) is 0 Å². The monoisotopic (exact) mass is 285 g/mol. The van der Waals surface area contributed by atoms with E-state index in [9.17, 15) is 14.7 Å². The van der Waals surface area contributed by atoms with Crippen molar-refractivity contribution in [1.29, 1.82) is 0 Å². The number of hydrogen-bond acceptors (Lipinski definition) is 3. The van der Waals surface area contributed by atoms with Crippen molar-refractivity contribution in [2.45, 2.75) is 12.8 Å². The molecule has 0 unspecified atom stereocenters. The second-order valence-electron chi connectivity index (χ2n) is 4.72. The van der Waals surface area contributed by atoms with Gasteiger partial charge in [-0.25, -0.2) is 9.59 Å². The van der Waals surface area contributed by atoms with E-state index in [1.165, 1.54) is 12.1 Å². The van der Waals surface area contributed by atoms with E-state index in [0.717, 1.165) is 5.56 Å². The molecule has 0 radical (unpaired) electrons. The molecule has 108 valence electrons. The quantitative estimate of drug-likeness (QED) is 0.732. The smallest absolute Gasteiger partial charge is 0.335 e. The molecule has 5 heteroatoms. The number of carboxylic acids is 2. The number of hydrogen-bond donors (Lipinski definition) is 3. The van der Waals surface area contributed by atoms with Crippen LogP contribution in [0.15, 0.2) is 42.5 Å². The average Bonchev–Trinajstić information content (AvgIpc) is 2.46. The maximum Gasteiger partial charge on any atom is 0.335 e. The van der Waals surface area contributed by atoms with E-state index < -0.39 is 11.9 Å². The lowest BCUT2D eigenvalue weighted by molar-refractivity contribution is 0.0695. The Morgan fingerprint density at radius 3 is 2.14 bits per heavy atom. The molecule has 2 aromatic rings. The Morgan fingerprint density at radius 2 is 1.57 bits per heavy atom. The molecule has 0 aliphatic heterocycles. The minimum atomic E-state index is -1.14. The average molecular weight is 285 g/mol. The molecule has 0 aliphatic rings.